The highest BCUT2D eigenvalue weighted by molar-refractivity contribution is 5.84. The van der Waals surface area contributed by atoms with Gasteiger partial charge in [-0.05, 0) is 18.8 Å². The van der Waals surface area contributed by atoms with Gasteiger partial charge in [0, 0.05) is 26.2 Å². The average molecular weight is 297 g/mol. The van der Waals surface area contributed by atoms with Crippen LogP contribution in [0.3, 0.4) is 0 Å². The van der Waals surface area contributed by atoms with Crippen LogP contribution in [0.4, 0.5) is 4.79 Å². The van der Waals surface area contributed by atoms with E-state index in [0.717, 1.165) is 12.8 Å². The van der Waals surface area contributed by atoms with Crippen LogP contribution in [0.25, 0.3) is 0 Å². The van der Waals surface area contributed by atoms with Crippen LogP contribution in [0.1, 0.15) is 23.3 Å². The maximum Gasteiger partial charge on any atom is 0.358 e. The van der Waals surface area contributed by atoms with Gasteiger partial charge in [0.25, 0.3) is 0 Å². The van der Waals surface area contributed by atoms with Crippen molar-refractivity contribution < 1.29 is 19.8 Å². The Bertz CT molecular complexity index is 496. The van der Waals surface area contributed by atoms with E-state index in [0.29, 0.717) is 32.1 Å². The molecule has 0 saturated carbocycles. The first-order chi connectivity index (χ1) is 10.1. The summed E-state index contributed by atoms with van der Waals surface area (Å²) >= 11 is 0. The van der Waals surface area contributed by atoms with E-state index in [2.05, 4.69) is 15.6 Å². The highest BCUT2D eigenvalue weighted by Gasteiger charge is 2.21. The van der Waals surface area contributed by atoms with Gasteiger partial charge < -0.3 is 20.4 Å². The number of piperidine rings is 1. The number of urea groups is 1. The quantitative estimate of drug-likeness (QED) is 0.667. The van der Waals surface area contributed by atoms with Gasteiger partial charge in [-0.2, -0.15) is 0 Å². The molecule has 9 nitrogen and oxygen atoms in total. The zero-order chi connectivity index (χ0) is 15.2. The van der Waals surface area contributed by atoms with Crippen LogP contribution in [0.5, 0.6) is 0 Å². The number of nitrogens with zero attached hydrogens (tertiary/aromatic N) is 4. The molecule has 1 aromatic rings. The molecule has 2 amide bonds. The summed E-state index contributed by atoms with van der Waals surface area (Å²) in [5.74, 6) is -0.837. The van der Waals surface area contributed by atoms with Gasteiger partial charge in [0.15, 0.2) is 5.69 Å². The van der Waals surface area contributed by atoms with E-state index in [4.69, 9.17) is 10.2 Å². The molecule has 3 N–H and O–H groups in total. The number of hydrogen-bond acceptors (Lipinski definition) is 5. The lowest BCUT2D eigenvalue weighted by atomic mass is 9.98. The Balaban J connectivity index is 1.70. The molecule has 116 valence electrons. The van der Waals surface area contributed by atoms with Gasteiger partial charge in [-0.15, -0.1) is 5.10 Å². The molecule has 0 radical (unpaired) electrons. The van der Waals surface area contributed by atoms with Crippen molar-refractivity contribution in [2.45, 2.75) is 19.4 Å². The number of rotatable bonds is 5. The summed E-state index contributed by atoms with van der Waals surface area (Å²) in [5, 5.41) is 27.7. The summed E-state index contributed by atoms with van der Waals surface area (Å²) in [6.45, 7) is 2.17. The second-order valence-electron chi connectivity index (χ2n) is 5.02. The molecule has 9 heteroatoms. The number of aromatic nitrogens is 3. The van der Waals surface area contributed by atoms with Gasteiger partial charge >= 0.3 is 12.0 Å². The molecule has 0 aromatic carbocycles. The fraction of sp³-hybridized carbons (Fsp3) is 0.667. The standard InChI is InChI=1S/C12H19N5O4/c18-8-9-1-4-16(5-2-9)12(21)13-3-6-17-7-10(11(19)20)14-15-17/h7,9,18H,1-6,8H2,(H,13,21)(H,19,20). The monoisotopic (exact) mass is 297 g/mol. The van der Waals surface area contributed by atoms with Crippen LogP contribution < -0.4 is 5.32 Å². The largest absolute Gasteiger partial charge is 0.476 e. The maximum absolute atomic E-state index is 11.9. The molecule has 1 saturated heterocycles. The van der Waals surface area contributed by atoms with Crippen LogP contribution in [-0.4, -0.2) is 68.3 Å². The van der Waals surface area contributed by atoms with E-state index < -0.39 is 5.97 Å². The Hall–Kier alpha value is -2.16. The maximum atomic E-state index is 11.9. The first-order valence-corrected chi connectivity index (χ1v) is 6.87. The van der Waals surface area contributed by atoms with E-state index in [-0.39, 0.29) is 18.3 Å². The summed E-state index contributed by atoms with van der Waals surface area (Å²) in [4.78, 5) is 24.3. The Kier molecular flexibility index (Phi) is 5.09. The molecule has 2 heterocycles. The Labute approximate surface area is 121 Å². The van der Waals surface area contributed by atoms with Gasteiger partial charge in [0.1, 0.15) is 0 Å². The average Bonchev–Trinajstić information content (AvgIpc) is 2.96. The first kappa shape index (κ1) is 15.2. The van der Waals surface area contributed by atoms with Crippen molar-refractivity contribution >= 4 is 12.0 Å². The van der Waals surface area contributed by atoms with E-state index in [1.807, 2.05) is 0 Å². The number of aliphatic hydroxyl groups excluding tert-OH is 1. The second kappa shape index (κ2) is 7.02. The number of carbonyl (C=O) groups excluding carboxylic acids is 1. The van der Waals surface area contributed by atoms with Crippen molar-refractivity contribution in [1.29, 1.82) is 0 Å². The molecule has 21 heavy (non-hydrogen) atoms. The Morgan fingerprint density at radius 2 is 2.10 bits per heavy atom. The van der Waals surface area contributed by atoms with Crippen LogP contribution in [0.2, 0.25) is 0 Å². The minimum Gasteiger partial charge on any atom is -0.476 e. The summed E-state index contributed by atoms with van der Waals surface area (Å²) < 4.78 is 1.38. The summed E-state index contributed by atoms with van der Waals surface area (Å²) in [5.41, 5.74) is -0.118. The molecule has 0 bridgehead atoms. The molecule has 1 aromatic heterocycles. The van der Waals surface area contributed by atoms with E-state index in [9.17, 15) is 9.59 Å². The highest BCUT2D eigenvalue weighted by atomic mass is 16.4. The summed E-state index contributed by atoms with van der Waals surface area (Å²) in [6, 6.07) is -0.148. The number of amides is 2. The summed E-state index contributed by atoms with van der Waals surface area (Å²) in [6.07, 6.45) is 2.95. The fourth-order valence-corrected chi connectivity index (χ4v) is 2.21. The molecule has 0 unspecified atom stereocenters. The predicted molar refractivity (Wildman–Crippen MR) is 71.8 cm³/mol. The van der Waals surface area contributed by atoms with E-state index in [1.54, 1.807) is 4.90 Å². The SMILES string of the molecule is O=C(O)c1cn(CCNC(=O)N2CCC(CO)CC2)nn1. The molecule has 2 rings (SSSR count). The van der Waals surface area contributed by atoms with Gasteiger partial charge in [-0.3, -0.25) is 0 Å². The third-order valence-electron chi connectivity index (χ3n) is 3.53. The predicted octanol–water partition coefficient (Wildman–Crippen LogP) is -0.610. The molecule has 1 aliphatic heterocycles. The third-order valence-corrected chi connectivity index (χ3v) is 3.53. The van der Waals surface area contributed by atoms with Crippen molar-refractivity contribution in [3.8, 4) is 0 Å². The lowest BCUT2D eigenvalue weighted by Gasteiger charge is -2.31. The normalized spacial score (nSPS) is 16.0. The Morgan fingerprint density at radius 3 is 2.67 bits per heavy atom. The number of carboxylic acid groups (broad SMARTS) is 1. The zero-order valence-electron chi connectivity index (χ0n) is 11.6. The lowest BCUT2D eigenvalue weighted by Crippen LogP contribution is -2.45. The Morgan fingerprint density at radius 1 is 1.38 bits per heavy atom. The zero-order valence-corrected chi connectivity index (χ0v) is 11.6. The number of nitrogens with one attached hydrogen (secondary N) is 1. The van der Waals surface area contributed by atoms with Crippen LogP contribution in [0.15, 0.2) is 6.20 Å². The molecular weight excluding hydrogens is 278 g/mol. The van der Waals surface area contributed by atoms with Crippen molar-refractivity contribution in [2.75, 3.05) is 26.2 Å². The summed E-state index contributed by atoms with van der Waals surface area (Å²) in [7, 11) is 0. The van der Waals surface area contributed by atoms with Crippen molar-refractivity contribution in [3.05, 3.63) is 11.9 Å². The van der Waals surface area contributed by atoms with Crippen molar-refractivity contribution in [2.24, 2.45) is 5.92 Å². The van der Waals surface area contributed by atoms with Crippen LogP contribution in [0, 0.1) is 5.92 Å². The number of hydrogen-bond donors (Lipinski definition) is 3. The molecule has 0 spiro atoms. The molecule has 1 fully saturated rings. The van der Waals surface area contributed by atoms with Crippen molar-refractivity contribution in [1.82, 2.24) is 25.2 Å². The van der Waals surface area contributed by atoms with E-state index in [1.165, 1.54) is 10.9 Å². The van der Waals surface area contributed by atoms with Gasteiger partial charge in [-0.25, -0.2) is 14.3 Å². The minimum absolute atomic E-state index is 0.118. The second-order valence-corrected chi connectivity index (χ2v) is 5.02. The van der Waals surface area contributed by atoms with E-state index >= 15 is 0 Å². The molecular formula is C12H19N5O4. The van der Waals surface area contributed by atoms with Gasteiger partial charge in [0.05, 0.1) is 12.7 Å². The number of aromatic carboxylic acids is 1. The fourth-order valence-electron chi connectivity index (χ4n) is 2.21. The topological polar surface area (TPSA) is 121 Å². The minimum atomic E-state index is -1.13. The lowest BCUT2D eigenvalue weighted by molar-refractivity contribution is 0.0690. The first-order valence-electron chi connectivity index (χ1n) is 6.87. The van der Waals surface area contributed by atoms with Crippen LogP contribution >= 0.6 is 0 Å². The molecule has 1 aliphatic rings. The number of likely N-dealkylation sites (tertiary alicyclic amines) is 1. The van der Waals surface area contributed by atoms with Crippen LogP contribution in [-0.2, 0) is 6.54 Å². The highest BCUT2D eigenvalue weighted by Crippen LogP contribution is 2.15. The van der Waals surface area contributed by atoms with Gasteiger partial charge in [-0.1, -0.05) is 5.21 Å². The molecule has 0 aliphatic carbocycles. The third kappa shape index (κ3) is 4.15. The van der Waals surface area contributed by atoms with Crippen molar-refractivity contribution in [3.63, 3.8) is 0 Å². The molecule has 0 atom stereocenters. The number of carbonyl (C=O) groups is 2. The number of aliphatic hydroxyl groups is 1. The number of carboxylic acids is 1. The smallest absolute Gasteiger partial charge is 0.358 e. The van der Waals surface area contributed by atoms with Gasteiger partial charge in [0.2, 0.25) is 0 Å².